The van der Waals surface area contributed by atoms with Gasteiger partial charge in [-0.3, -0.25) is 0 Å². The quantitative estimate of drug-likeness (QED) is 0.628. The molecule has 1 aliphatic rings. The lowest BCUT2D eigenvalue weighted by Crippen LogP contribution is -2.22. The molecule has 0 aliphatic carbocycles. The lowest BCUT2D eigenvalue weighted by Gasteiger charge is -2.19. The molecule has 0 radical (unpaired) electrons. The summed E-state index contributed by atoms with van der Waals surface area (Å²) in [7, 11) is 0. The van der Waals surface area contributed by atoms with Crippen LogP contribution in [0.25, 0.3) is 0 Å². The van der Waals surface area contributed by atoms with Crippen molar-refractivity contribution in [2.75, 3.05) is 11.4 Å². The summed E-state index contributed by atoms with van der Waals surface area (Å²) in [4.78, 5) is 3.35. The van der Waals surface area contributed by atoms with Crippen LogP contribution in [-0.2, 0) is 0 Å². The normalized spacial score (nSPS) is 16.7. The van der Waals surface area contributed by atoms with Crippen LogP contribution in [0.3, 0.4) is 0 Å². The van der Waals surface area contributed by atoms with Crippen molar-refractivity contribution >= 4 is 22.9 Å². The number of para-hydroxylation sites is 1. The van der Waals surface area contributed by atoms with Crippen LogP contribution < -0.4 is 4.90 Å². The highest BCUT2D eigenvalue weighted by Crippen LogP contribution is 2.25. The molecule has 13 heavy (non-hydrogen) atoms. The van der Waals surface area contributed by atoms with Gasteiger partial charge in [0.1, 0.15) is 0 Å². The van der Waals surface area contributed by atoms with Crippen molar-refractivity contribution < 1.29 is 0 Å². The smallest absolute Gasteiger partial charge is 0.0824 e. The zero-order valence-corrected chi connectivity index (χ0v) is 8.60. The van der Waals surface area contributed by atoms with Crippen LogP contribution in [0, 0.1) is 6.92 Å². The number of hydrogen-bond acceptors (Lipinski definition) is 1. The van der Waals surface area contributed by atoms with Crippen LogP contribution in [0.4, 0.5) is 5.69 Å². The number of rotatable bonds is 1. The molecule has 1 fully saturated rings. The Morgan fingerprint density at radius 2 is 2.08 bits per heavy atom. The first-order valence-corrected chi connectivity index (χ1v) is 5.06. The van der Waals surface area contributed by atoms with Gasteiger partial charge < -0.3 is 4.90 Å². The monoisotopic (exact) mass is 191 g/mol. The maximum atomic E-state index is 5.31. The third-order valence-electron chi connectivity index (χ3n) is 2.48. The molecule has 0 saturated carbocycles. The van der Waals surface area contributed by atoms with Gasteiger partial charge in [0.2, 0.25) is 0 Å². The molecule has 0 amide bonds. The minimum Gasteiger partial charge on any atom is -0.336 e. The summed E-state index contributed by atoms with van der Waals surface area (Å²) in [6.07, 6.45) is 2.27. The number of hydrogen-bond donors (Lipinski definition) is 0. The van der Waals surface area contributed by atoms with Gasteiger partial charge in [0.15, 0.2) is 0 Å². The predicted molar refractivity (Wildman–Crippen MR) is 60.4 cm³/mol. The van der Waals surface area contributed by atoms with E-state index in [0.29, 0.717) is 0 Å². The van der Waals surface area contributed by atoms with Crippen LogP contribution in [0.2, 0.25) is 0 Å². The van der Waals surface area contributed by atoms with E-state index in [1.165, 1.54) is 17.7 Å². The van der Waals surface area contributed by atoms with E-state index >= 15 is 0 Å². The van der Waals surface area contributed by atoms with E-state index in [-0.39, 0.29) is 0 Å². The summed E-state index contributed by atoms with van der Waals surface area (Å²) in [5.74, 6) is 0. The van der Waals surface area contributed by atoms with Gasteiger partial charge in [-0.25, -0.2) is 0 Å². The second kappa shape index (κ2) is 3.46. The highest BCUT2D eigenvalue weighted by Gasteiger charge is 2.18. The Morgan fingerprint density at radius 1 is 1.31 bits per heavy atom. The SMILES string of the molecule is Cc1ccccc1N1CCCC1=S. The van der Waals surface area contributed by atoms with Gasteiger partial charge >= 0.3 is 0 Å². The summed E-state index contributed by atoms with van der Waals surface area (Å²) >= 11 is 5.31. The van der Waals surface area contributed by atoms with Gasteiger partial charge in [0.05, 0.1) is 4.99 Å². The standard InChI is InChI=1S/C11H13NS/c1-9-5-2-3-6-10(9)12-8-4-7-11(12)13/h2-3,5-6H,4,7-8H2,1H3. The van der Waals surface area contributed by atoms with E-state index in [2.05, 4.69) is 36.1 Å². The lowest BCUT2D eigenvalue weighted by atomic mass is 10.2. The highest BCUT2D eigenvalue weighted by molar-refractivity contribution is 7.80. The van der Waals surface area contributed by atoms with Gasteiger partial charge in [-0.15, -0.1) is 0 Å². The summed E-state index contributed by atoms with van der Waals surface area (Å²) in [6.45, 7) is 3.22. The maximum Gasteiger partial charge on any atom is 0.0824 e. The van der Waals surface area contributed by atoms with Crippen molar-refractivity contribution in [1.82, 2.24) is 0 Å². The van der Waals surface area contributed by atoms with Crippen LogP contribution in [0.1, 0.15) is 18.4 Å². The van der Waals surface area contributed by atoms with E-state index in [0.717, 1.165) is 18.0 Å². The van der Waals surface area contributed by atoms with Crippen molar-refractivity contribution in [3.8, 4) is 0 Å². The molecular weight excluding hydrogens is 178 g/mol. The fourth-order valence-electron chi connectivity index (χ4n) is 1.77. The third-order valence-corrected chi connectivity index (χ3v) is 2.90. The molecule has 0 atom stereocenters. The average Bonchev–Trinajstić information content (AvgIpc) is 2.52. The summed E-state index contributed by atoms with van der Waals surface area (Å²) < 4.78 is 0. The summed E-state index contributed by atoms with van der Waals surface area (Å²) in [5.41, 5.74) is 2.59. The van der Waals surface area contributed by atoms with Crippen molar-refractivity contribution in [3.05, 3.63) is 29.8 Å². The zero-order valence-electron chi connectivity index (χ0n) is 7.79. The third kappa shape index (κ3) is 1.59. The van der Waals surface area contributed by atoms with E-state index in [1.807, 2.05) is 0 Å². The minimum absolute atomic E-state index is 1.07. The van der Waals surface area contributed by atoms with E-state index in [4.69, 9.17) is 12.2 Å². The van der Waals surface area contributed by atoms with Crippen molar-refractivity contribution in [3.63, 3.8) is 0 Å². The van der Waals surface area contributed by atoms with Crippen molar-refractivity contribution in [1.29, 1.82) is 0 Å². The molecule has 0 N–H and O–H groups in total. The molecule has 1 aromatic rings. The number of thiocarbonyl (C=S) groups is 1. The molecule has 0 unspecified atom stereocenters. The van der Waals surface area contributed by atoms with E-state index in [9.17, 15) is 0 Å². The predicted octanol–water partition coefficient (Wildman–Crippen LogP) is 2.92. The van der Waals surface area contributed by atoms with Gasteiger partial charge in [0.25, 0.3) is 0 Å². The molecule has 1 nitrogen and oxygen atoms in total. The Kier molecular flexibility index (Phi) is 2.32. The maximum absolute atomic E-state index is 5.31. The Hall–Kier alpha value is -0.890. The van der Waals surface area contributed by atoms with Gasteiger partial charge in [0, 0.05) is 12.2 Å². The Balaban J connectivity index is 2.34. The van der Waals surface area contributed by atoms with Crippen LogP contribution in [0.15, 0.2) is 24.3 Å². The largest absolute Gasteiger partial charge is 0.336 e. The molecule has 68 valence electrons. The van der Waals surface area contributed by atoms with E-state index < -0.39 is 0 Å². The van der Waals surface area contributed by atoms with Crippen LogP contribution in [-0.4, -0.2) is 11.5 Å². The van der Waals surface area contributed by atoms with Crippen molar-refractivity contribution in [2.45, 2.75) is 19.8 Å². The molecule has 1 aliphatic heterocycles. The van der Waals surface area contributed by atoms with E-state index in [1.54, 1.807) is 0 Å². The molecule has 0 spiro atoms. The molecule has 1 aromatic carbocycles. The van der Waals surface area contributed by atoms with Crippen LogP contribution >= 0.6 is 12.2 Å². The fraction of sp³-hybridized carbons (Fsp3) is 0.364. The Bertz CT molecular complexity index is 333. The number of anilines is 1. The average molecular weight is 191 g/mol. The summed E-state index contributed by atoms with van der Waals surface area (Å²) in [5, 5.41) is 0. The number of benzene rings is 1. The molecule has 1 heterocycles. The van der Waals surface area contributed by atoms with Crippen LogP contribution in [0.5, 0.6) is 0 Å². The topological polar surface area (TPSA) is 3.24 Å². The molecule has 2 rings (SSSR count). The fourth-order valence-corrected chi connectivity index (χ4v) is 2.10. The van der Waals surface area contributed by atoms with Gasteiger partial charge in [-0.2, -0.15) is 0 Å². The Morgan fingerprint density at radius 3 is 2.69 bits per heavy atom. The van der Waals surface area contributed by atoms with Gasteiger partial charge in [-0.05, 0) is 31.4 Å². The lowest BCUT2D eigenvalue weighted by molar-refractivity contribution is 0.954. The number of nitrogens with zero attached hydrogens (tertiary/aromatic N) is 1. The molecule has 0 aromatic heterocycles. The number of aryl methyl sites for hydroxylation is 1. The van der Waals surface area contributed by atoms with Gasteiger partial charge in [-0.1, -0.05) is 30.4 Å². The Labute approximate surface area is 84.4 Å². The molecule has 1 saturated heterocycles. The highest BCUT2D eigenvalue weighted by atomic mass is 32.1. The minimum atomic E-state index is 1.07. The summed E-state index contributed by atoms with van der Waals surface area (Å²) in [6, 6.07) is 8.42. The second-order valence-corrected chi connectivity index (χ2v) is 3.91. The first kappa shape index (κ1) is 8.70. The molecule has 0 bridgehead atoms. The first-order chi connectivity index (χ1) is 6.29. The van der Waals surface area contributed by atoms with Crippen molar-refractivity contribution in [2.24, 2.45) is 0 Å². The molecule has 2 heteroatoms. The second-order valence-electron chi connectivity index (χ2n) is 3.44. The zero-order chi connectivity index (χ0) is 9.26. The first-order valence-electron chi connectivity index (χ1n) is 4.65. The molecular formula is C11H13NS.